The second kappa shape index (κ2) is 10.7. The molecule has 7 heteroatoms. The van der Waals surface area contributed by atoms with E-state index in [4.69, 9.17) is 27.9 Å². The summed E-state index contributed by atoms with van der Waals surface area (Å²) in [4.78, 5) is 27.6. The number of amides is 2. The summed E-state index contributed by atoms with van der Waals surface area (Å²) in [6, 6.07) is 13.4. The normalized spacial score (nSPS) is 12.2. The molecule has 0 bridgehead atoms. The van der Waals surface area contributed by atoms with Gasteiger partial charge in [-0.3, -0.25) is 9.59 Å². The fourth-order valence-corrected chi connectivity index (χ4v) is 3.26. The number of rotatable bonds is 8. The lowest BCUT2D eigenvalue weighted by Crippen LogP contribution is -2.54. The third-order valence-electron chi connectivity index (χ3n) is 4.36. The summed E-state index contributed by atoms with van der Waals surface area (Å²) in [6.45, 7) is 7.59. The van der Waals surface area contributed by atoms with Crippen LogP contribution in [-0.2, 0) is 16.1 Å². The van der Waals surface area contributed by atoms with Gasteiger partial charge in [0, 0.05) is 22.1 Å². The van der Waals surface area contributed by atoms with Crippen LogP contribution in [0.1, 0.15) is 39.7 Å². The Bertz CT molecular complexity index is 863. The Hall–Kier alpha value is -2.24. The standard InChI is InChI=1S/C23H28Cl2N2O3/c1-5-20(22(29)26-23(2,3)4)27(14-16-8-6-7-9-19(16)25)21(28)15-30-18-12-10-17(24)11-13-18/h6-13,20H,5,14-15H2,1-4H3,(H,26,29)/t20-/m0/s1. The van der Waals surface area contributed by atoms with E-state index >= 15 is 0 Å². The van der Waals surface area contributed by atoms with E-state index in [0.717, 1.165) is 5.56 Å². The van der Waals surface area contributed by atoms with E-state index in [1.54, 1.807) is 30.3 Å². The monoisotopic (exact) mass is 450 g/mol. The van der Waals surface area contributed by atoms with Crippen molar-refractivity contribution in [3.05, 3.63) is 64.1 Å². The first-order valence-electron chi connectivity index (χ1n) is 9.84. The zero-order valence-electron chi connectivity index (χ0n) is 17.7. The Morgan fingerprint density at radius 1 is 1.07 bits per heavy atom. The number of hydrogen-bond donors (Lipinski definition) is 1. The first-order chi connectivity index (χ1) is 14.1. The summed E-state index contributed by atoms with van der Waals surface area (Å²) >= 11 is 12.2. The highest BCUT2D eigenvalue weighted by Gasteiger charge is 2.31. The molecule has 0 aliphatic heterocycles. The molecule has 0 aromatic heterocycles. The summed E-state index contributed by atoms with van der Waals surface area (Å²) in [7, 11) is 0. The molecule has 0 aliphatic rings. The molecule has 30 heavy (non-hydrogen) atoms. The molecule has 162 valence electrons. The second-order valence-corrected chi connectivity index (χ2v) is 8.86. The zero-order chi connectivity index (χ0) is 22.3. The van der Waals surface area contributed by atoms with Crippen molar-refractivity contribution in [2.45, 2.75) is 52.2 Å². The highest BCUT2D eigenvalue weighted by Crippen LogP contribution is 2.21. The van der Waals surface area contributed by atoms with Gasteiger partial charge in [-0.1, -0.05) is 48.3 Å². The number of nitrogens with zero attached hydrogens (tertiary/aromatic N) is 1. The van der Waals surface area contributed by atoms with Gasteiger partial charge >= 0.3 is 0 Å². The number of carbonyl (C=O) groups excluding carboxylic acids is 2. The van der Waals surface area contributed by atoms with Crippen LogP contribution in [0, 0.1) is 0 Å². The van der Waals surface area contributed by atoms with Gasteiger partial charge in [0.2, 0.25) is 5.91 Å². The maximum absolute atomic E-state index is 13.1. The maximum atomic E-state index is 13.1. The molecule has 0 radical (unpaired) electrons. The summed E-state index contributed by atoms with van der Waals surface area (Å²) in [5, 5.41) is 4.09. The van der Waals surface area contributed by atoms with Crippen LogP contribution in [0.15, 0.2) is 48.5 Å². The van der Waals surface area contributed by atoms with Crippen LogP contribution in [0.4, 0.5) is 0 Å². The van der Waals surface area contributed by atoms with Crippen LogP contribution in [0.2, 0.25) is 10.0 Å². The van der Waals surface area contributed by atoms with Crippen LogP contribution >= 0.6 is 23.2 Å². The Labute approximate surface area is 188 Å². The molecule has 0 fully saturated rings. The predicted octanol–water partition coefficient (Wildman–Crippen LogP) is 5.09. The fraction of sp³-hybridized carbons (Fsp3) is 0.391. The molecule has 2 rings (SSSR count). The quantitative estimate of drug-likeness (QED) is 0.608. The largest absolute Gasteiger partial charge is 0.484 e. The molecule has 0 saturated carbocycles. The summed E-state index contributed by atoms with van der Waals surface area (Å²) < 4.78 is 5.63. The molecule has 2 amide bonds. The van der Waals surface area contributed by atoms with Gasteiger partial charge in [-0.05, 0) is 63.1 Å². The van der Waals surface area contributed by atoms with Gasteiger partial charge in [-0.2, -0.15) is 0 Å². The molecule has 0 heterocycles. The molecule has 0 aliphatic carbocycles. The third kappa shape index (κ3) is 7.22. The molecule has 1 atom stereocenters. The van der Waals surface area contributed by atoms with Gasteiger partial charge in [0.05, 0.1) is 0 Å². The van der Waals surface area contributed by atoms with Crippen molar-refractivity contribution in [3.8, 4) is 5.75 Å². The molecule has 1 N–H and O–H groups in total. The van der Waals surface area contributed by atoms with Crippen molar-refractivity contribution >= 4 is 35.0 Å². The first-order valence-corrected chi connectivity index (χ1v) is 10.6. The third-order valence-corrected chi connectivity index (χ3v) is 4.98. The molecule has 5 nitrogen and oxygen atoms in total. The summed E-state index contributed by atoms with van der Waals surface area (Å²) in [5.41, 5.74) is 0.352. The highest BCUT2D eigenvalue weighted by atomic mass is 35.5. The van der Waals surface area contributed by atoms with E-state index in [9.17, 15) is 9.59 Å². The molecular formula is C23H28Cl2N2O3. The van der Waals surface area contributed by atoms with E-state index in [1.807, 2.05) is 45.9 Å². The van der Waals surface area contributed by atoms with Crippen molar-refractivity contribution in [1.82, 2.24) is 10.2 Å². The average molecular weight is 451 g/mol. The molecule has 2 aromatic rings. The van der Waals surface area contributed by atoms with Crippen molar-refractivity contribution in [3.63, 3.8) is 0 Å². The SMILES string of the molecule is CC[C@@H](C(=O)NC(C)(C)C)N(Cc1ccccc1Cl)C(=O)COc1ccc(Cl)cc1. The fourth-order valence-electron chi connectivity index (χ4n) is 2.94. The lowest BCUT2D eigenvalue weighted by Gasteiger charge is -2.33. The minimum absolute atomic E-state index is 0.203. The summed E-state index contributed by atoms with van der Waals surface area (Å²) in [6.07, 6.45) is 0.457. The van der Waals surface area contributed by atoms with Gasteiger partial charge in [0.25, 0.3) is 5.91 Å². The number of halogens is 2. The minimum atomic E-state index is -0.651. The number of nitrogens with one attached hydrogen (secondary N) is 1. The number of benzene rings is 2. The highest BCUT2D eigenvalue weighted by molar-refractivity contribution is 6.31. The molecule has 2 aromatic carbocycles. The van der Waals surface area contributed by atoms with Gasteiger partial charge < -0.3 is 15.0 Å². The van der Waals surface area contributed by atoms with Gasteiger partial charge in [0.15, 0.2) is 6.61 Å². The Morgan fingerprint density at radius 3 is 2.27 bits per heavy atom. The number of hydrogen-bond acceptors (Lipinski definition) is 3. The number of ether oxygens (including phenoxy) is 1. The van der Waals surface area contributed by atoms with Crippen LogP contribution in [0.5, 0.6) is 5.75 Å². The Balaban J connectivity index is 2.24. The van der Waals surface area contributed by atoms with Crippen LogP contribution in [0.3, 0.4) is 0 Å². The van der Waals surface area contributed by atoms with Crippen LogP contribution < -0.4 is 10.1 Å². The average Bonchev–Trinajstić information content (AvgIpc) is 2.67. The topological polar surface area (TPSA) is 58.6 Å². The first kappa shape index (κ1) is 24.0. The predicted molar refractivity (Wildman–Crippen MR) is 121 cm³/mol. The van der Waals surface area contributed by atoms with Crippen molar-refractivity contribution < 1.29 is 14.3 Å². The second-order valence-electron chi connectivity index (χ2n) is 8.02. The van der Waals surface area contributed by atoms with Gasteiger partial charge in [-0.25, -0.2) is 0 Å². The molecule has 0 saturated heterocycles. The van der Waals surface area contributed by atoms with Crippen LogP contribution in [-0.4, -0.2) is 34.9 Å². The van der Waals surface area contributed by atoms with E-state index in [0.29, 0.717) is 22.2 Å². The van der Waals surface area contributed by atoms with Crippen molar-refractivity contribution in [2.75, 3.05) is 6.61 Å². The summed E-state index contributed by atoms with van der Waals surface area (Å²) in [5.74, 6) is 0.00955. The number of carbonyl (C=O) groups is 2. The van der Waals surface area contributed by atoms with Crippen LogP contribution in [0.25, 0.3) is 0 Å². The van der Waals surface area contributed by atoms with Gasteiger partial charge in [-0.15, -0.1) is 0 Å². The van der Waals surface area contributed by atoms with E-state index in [2.05, 4.69) is 5.32 Å². The van der Waals surface area contributed by atoms with E-state index < -0.39 is 11.6 Å². The van der Waals surface area contributed by atoms with E-state index in [1.165, 1.54) is 4.90 Å². The minimum Gasteiger partial charge on any atom is -0.484 e. The Morgan fingerprint density at radius 2 is 1.70 bits per heavy atom. The van der Waals surface area contributed by atoms with Crippen molar-refractivity contribution in [1.29, 1.82) is 0 Å². The molecular weight excluding hydrogens is 423 g/mol. The Kier molecular flexibility index (Phi) is 8.56. The van der Waals surface area contributed by atoms with Crippen molar-refractivity contribution in [2.24, 2.45) is 0 Å². The smallest absolute Gasteiger partial charge is 0.261 e. The van der Waals surface area contributed by atoms with Gasteiger partial charge in [0.1, 0.15) is 11.8 Å². The lowest BCUT2D eigenvalue weighted by molar-refractivity contribution is -0.143. The molecule has 0 unspecified atom stereocenters. The maximum Gasteiger partial charge on any atom is 0.261 e. The lowest BCUT2D eigenvalue weighted by atomic mass is 10.1. The molecule has 0 spiro atoms. The zero-order valence-corrected chi connectivity index (χ0v) is 19.3. The van der Waals surface area contributed by atoms with E-state index in [-0.39, 0.29) is 25.0 Å².